The summed E-state index contributed by atoms with van der Waals surface area (Å²) in [4.78, 5) is 17.7. The van der Waals surface area contributed by atoms with Crippen molar-refractivity contribution in [2.24, 2.45) is 5.73 Å². The fraction of sp³-hybridized carbons (Fsp3) is 0.708. The highest BCUT2D eigenvalue weighted by Gasteiger charge is 2.35. The van der Waals surface area contributed by atoms with Gasteiger partial charge in [-0.1, -0.05) is 31.9 Å². The van der Waals surface area contributed by atoms with Gasteiger partial charge in [0.2, 0.25) is 0 Å². The van der Waals surface area contributed by atoms with E-state index in [9.17, 15) is 13.2 Å². The number of benzene rings is 1. The van der Waals surface area contributed by atoms with Crippen LogP contribution in [0.3, 0.4) is 0 Å². The average Bonchev–Trinajstić information content (AvgIpc) is 2.81. The summed E-state index contributed by atoms with van der Waals surface area (Å²) in [6.07, 6.45) is 5.24. The third-order valence-corrected chi connectivity index (χ3v) is 7.63. The standard InChI is InChI=1S/C24H42BN3O6S/c1-3-19-34-23(29)24(26,11-4-5-13-25(30)31)12-6-14-27-15-17-28(18-16-27)20-21-7-9-22(10-8-21)35(2,32)33/h7-10,30-31H,3-6,11-20,26H2,1-2H3. The number of piperazine rings is 1. The number of hydrogen-bond acceptors (Lipinski definition) is 9. The van der Waals surface area contributed by atoms with Crippen LogP contribution in [0.5, 0.6) is 0 Å². The molecule has 1 aromatic carbocycles. The number of hydrogen-bond donors (Lipinski definition) is 3. The van der Waals surface area contributed by atoms with Crippen LogP contribution in [0.1, 0.15) is 51.0 Å². The minimum absolute atomic E-state index is 0.270. The molecule has 1 aliphatic heterocycles. The van der Waals surface area contributed by atoms with Crippen molar-refractivity contribution in [3.63, 3.8) is 0 Å². The molecule has 1 atom stereocenters. The summed E-state index contributed by atoms with van der Waals surface area (Å²) in [5, 5.41) is 18.1. The molecule has 4 N–H and O–H groups in total. The number of nitrogens with zero attached hydrogens (tertiary/aromatic N) is 2. The summed E-state index contributed by atoms with van der Waals surface area (Å²) in [7, 11) is -4.51. The topological polar surface area (TPSA) is 133 Å². The summed E-state index contributed by atoms with van der Waals surface area (Å²) < 4.78 is 28.6. The van der Waals surface area contributed by atoms with Crippen LogP contribution in [0.25, 0.3) is 0 Å². The Kier molecular flexibility index (Phi) is 12.1. The molecule has 1 fully saturated rings. The third kappa shape index (κ3) is 10.6. The highest BCUT2D eigenvalue weighted by atomic mass is 32.2. The summed E-state index contributed by atoms with van der Waals surface area (Å²) in [5.74, 6) is -0.365. The Bertz CT molecular complexity index is 876. The fourth-order valence-corrected chi connectivity index (χ4v) is 4.95. The van der Waals surface area contributed by atoms with E-state index in [4.69, 9.17) is 20.5 Å². The maximum Gasteiger partial charge on any atom is 0.451 e. The molecule has 0 bridgehead atoms. The van der Waals surface area contributed by atoms with Crippen molar-refractivity contribution in [3.05, 3.63) is 29.8 Å². The fourth-order valence-electron chi connectivity index (χ4n) is 4.32. The van der Waals surface area contributed by atoms with Gasteiger partial charge in [0, 0.05) is 39.0 Å². The molecule has 1 heterocycles. The van der Waals surface area contributed by atoms with Crippen molar-refractivity contribution >= 4 is 22.9 Å². The van der Waals surface area contributed by atoms with E-state index in [1.807, 2.05) is 19.1 Å². The normalized spacial score (nSPS) is 17.2. The Morgan fingerprint density at radius 3 is 2.23 bits per heavy atom. The van der Waals surface area contributed by atoms with Crippen molar-refractivity contribution in [1.29, 1.82) is 0 Å². The largest absolute Gasteiger partial charge is 0.464 e. The van der Waals surface area contributed by atoms with Crippen molar-refractivity contribution in [3.8, 4) is 0 Å². The molecule has 198 valence electrons. The van der Waals surface area contributed by atoms with Gasteiger partial charge in [0.1, 0.15) is 5.54 Å². The number of nitrogens with two attached hydrogens (primary N) is 1. The highest BCUT2D eigenvalue weighted by molar-refractivity contribution is 7.90. The second kappa shape index (κ2) is 14.3. The number of carbonyl (C=O) groups is 1. The second-order valence-corrected chi connectivity index (χ2v) is 11.7. The number of ether oxygens (including phenoxy) is 1. The first-order valence-electron chi connectivity index (χ1n) is 12.6. The van der Waals surface area contributed by atoms with E-state index in [1.165, 1.54) is 6.26 Å². The van der Waals surface area contributed by atoms with Crippen molar-refractivity contribution in [2.45, 2.75) is 68.7 Å². The summed E-state index contributed by atoms with van der Waals surface area (Å²) in [6, 6.07) is 7.08. The molecule has 0 spiro atoms. The van der Waals surface area contributed by atoms with Crippen LogP contribution in [0, 0.1) is 0 Å². The quantitative estimate of drug-likeness (QED) is 0.181. The maximum atomic E-state index is 12.6. The first-order chi connectivity index (χ1) is 16.5. The van der Waals surface area contributed by atoms with Gasteiger partial charge in [0.25, 0.3) is 0 Å². The Morgan fingerprint density at radius 2 is 1.66 bits per heavy atom. The second-order valence-electron chi connectivity index (χ2n) is 9.66. The molecular formula is C24H42BN3O6S. The van der Waals surface area contributed by atoms with E-state index < -0.39 is 22.5 Å². The SMILES string of the molecule is CCCOC(=O)C(N)(CCCCB(O)O)CCCN1CCN(Cc2ccc(S(C)(=O)=O)cc2)CC1. The van der Waals surface area contributed by atoms with E-state index in [2.05, 4.69) is 9.80 Å². The van der Waals surface area contributed by atoms with Crippen molar-refractivity contribution < 1.29 is 28.0 Å². The third-order valence-electron chi connectivity index (χ3n) is 6.50. The average molecular weight is 511 g/mol. The van der Waals surface area contributed by atoms with Crippen LogP contribution in [0.15, 0.2) is 29.2 Å². The van der Waals surface area contributed by atoms with Crippen molar-refractivity contribution in [1.82, 2.24) is 9.80 Å². The first kappa shape index (κ1) is 29.7. The number of esters is 1. The Hall–Kier alpha value is -1.50. The number of rotatable bonds is 15. The molecule has 0 saturated carbocycles. The molecule has 1 unspecified atom stereocenters. The highest BCUT2D eigenvalue weighted by Crippen LogP contribution is 2.22. The molecule has 9 nitrogen and oxygen atoms in total. The van der Waals surface area contributed by atoms with Crippen LogP contribution in [-0.4, -0.2) is 92.5 Å². The lowest BCUT2D eigenvalue weighted by Crippen LogP contribution is -2.50. The predicted octanol–water partition coefficient (Wildman–Crippen LogP) is 1.28. The van der Waals surface area contributed by atoms with Gasteiger partial charge in [-0.3, -0.25) is 9.69 Å². The molecule has 1 saturated heterocycles. The Morgan fingerprint density at radius 1 is 1.06 bits per heavy atom. The van der Waals surface area contributed by atoms with Gasteiger partial charge >= 0.3 is 13.1 Å². The lowest BCUT2D eigenvalue weighted by molar-refractivity contribution is -0.151. The molecular weight excluding hydrogens is 469 g/mol. The minimum atomic E-state index is -3.18. The molecule has 35 heavy (non-hydrogen) atoms. The van der Waals surface area contributed by atoms with Crippen LogP contribution in [0.2, 0.25) is 6.32 Å². The summed E-state index contributed by atoms with van der Waals surface area (Å²) in [6.45, 7) is 7.63. The minimum Gasteiger partial charge on any atom is -0.464 e. The van der Waals surface area contributed by atoms with E-state index >= 15 is 0 Å². The van der Waals surface area contributed by atoms with Crippen LogP contribution in [0.4, 0.5) is 0 Å². The predicted molar refractivity (Wildman–Crippen MR) is 138 cm³/mol. The zero-order valence-electron chi connectivity index (χ0n) is 21.2. The lowest BCUT2D eigenvalue weighted by Gasteiger charge is -2.35. The van der Waals surface area contributed by atoms with Gasteiger partial charge in [-0.25, -0.2) is 8.42 Å². The van der Waals surface area contributed by atoms with Gasteiger partial charge in [-0.15, -0.1) is 0 Å². The molecule has 0 aliphatic carbocycles. The molecule has 1 aromatic rings. The maximum absolute atomic E-state index is 12.6. The number of sulfone groups is 1. The molecule has 2 rings (SSSR count). The first-order valence-corrected chi connectivity index (χ1v) is 14.5. The van der Waals surface area contributed by atoms with Gasteiger partial charge in [-0.05, 0) is 56.2 Å². The zero-order chi connectivity index (χ0) is 25.9. The molecule has 0 amide bonds. The van der Waals surface area contributed by atoms with Crippen LogP contribution >= 0.6 is 0 Å². The van der Waals surface area contributed by atoms with Gasteiger partial charge < -0.3 is 25.4 Å². The van der Waals surface area contributed by atoms with E-state index in [-0.39, 0.29) is 12.3 Å². The van der Waals surface area contributed by atoms with E-state index in [1.54, 1.807) is 12.1 Å². The van der Waals surface area contributed by atoms with Gasteiger partial charge in [-0.2, -0.15) is 0 Å². The zero-order valence-corrected chi connectivity index (χ0v) is 22.0. The smallest absolute Gasteiger partial charge is 0.451 e. The van der Waals surface area contributed by atoms with E-state index in [0.717, 1.165) is 57.7 Å². The Labute approximate surface area is 210 Å². The molecule has 1 aliphatic rings. The van der Waals surface area contributed by atoms with Crippen LogP contribution < -0.4 is 5.73 Å². The molecule has 11 heteroatoms. The van der Waals surface area contributed by atoms with Gasteiger partial charge in [0.05, 0.1) is 11.5 Å². The summed E-state index contributed by atoms with van der Waals surface area (Å²) >= 11 is 0. The molecule has 0 aromatic heterocycles. The Balaban J connectivity index is 1.77. The van der Waals surface area contributed by atoms with E-state index in [0.29, 0.717) is 37.2 Å². The van der Waals surface area contributed by atoms with Crippen LogP contribution in [-0.2, 0) is 25.9 Å². The monoisotopic (exact) mass is 511 g/mol. The summed E-state index contributed by atoms with van der Waals surface area (Å²) in [5.41, 5.74) is 6.55. The van der Waals surface area contributed by atoms with Gasteiger partial charge in [0.15, 0.2) is 9.84 Å². The molecule has 0 radical (unpaired) electrons. The lowest BCUT2D eigenvalue weighted by atomic mass is 9.81. The number of unbranched alkanes of at least 4 members (excludes halogenated alkanes) is 1. The number of carbonyl (C=O) groups excluding carboxylic acids is 1. The van der Waals surface area contributed by atoms with Crippen molar-refractivity contribution in [2.75, 3.05) is 45.6 Å².